The third-order valence-electron chi connectivity index (χ3n) is 7.35. The van der Waals surface area contributed by atoms with Crippen molar-refractivity contribution in [2.24, 2.45) is 5.16 Å². The highest BCUT2D eigenvalue weighted by atomic mass is 19.1. The second-order valence-electron chi connectivity index (χ2n) is 10.1. The van der Waals surface area contributed by atoms with Gasteiger partial charge in [-0.3, -0.25) is 9.78 Å². The number of morpholine rings is 1. The molecule has 11 heteroatoms. The fourth-order valence-corrected chi connectivity index (χ4v) is 5.35. The van der Waals surface area contributed by atoms with Crippen molar-refractivity contribution >= 4 is 41.3 Å². The maximum Gasteiger partial charge on any atom is 0.586 e. The number of aromatic nitrogens is 1. The van der Waals surface area contributed by atoms with Crippen LogP contribution < -0.4 is 21.1 Å². The molecule has 2 aliphatic rings. The molecule has 0 bridgehead atoms. The van der Waals surface area contributed by atoms with Gasteiger partial charge in [0, 0.05) is 41.4 Å². The molecule has 4 heterocycles. The van der Waals surface area contributed by atoms with E-state index in [4.69, 9.17) is 13.9 Å². The van der Waals surface area contributed by atoms with Crippen LogP contribution in [0.5, 0.6) is 0 Å². The number of halogens is 1. The van der Waals surface area contributed by atoms with E-state index in [1.54, 1.807) is 25.3 Å². The van der Waals surface area contributed by atoms with Crippen LogP contribution in [0.4, 0.5) is 16.0 Å². The van der Waals surface area contributed by atoms with Crippen LogP contribution in [-0.4, -0.2) is 49.6 Å². The number of hydrogen-bond donors (Lipinski definition) is 2. The number of aryl methyl sites for hydroxylation is 1. The van der Waals surface area contributed by atoms with E-state index in [0.717, 1.165) is 11.1 Å². The lowest BCUT2D eigenvalue weighted by Gasteiger charge is -2.29. The molecule has 4 aromatic rings. The second kappa shape index (κ2) is 10.4. The highest BCUT2D eigenvalue weighted by Crippen LogP contribution is 2.34. The van der Waals surface area contributed by atoms with Gasteiger partial charge in [0.25, 0.3) is 0 Å². The van der Waals surface area contributed by atoms with Crippen molar-refractivity contribution in [1.29, 1.82) is 0 Å². The molecule has 2 aliphatic heterocycles. The van der Waals surface area contributed by atoms with Gasteiger partial charge in [-0.2, -0.15) is 0 Å². The number of ether oxygens (including phenoxy) is 1. The first-order chi connectivity index (χ1) is 19.3. The van der Waals surface area contributed by atoms with Crippen LogP contribution >= 0.6 is 0 Å². The summed E-state index contributed by atoms with van der Waals surface area (Å²) in [4.78, 5) is 20.0. The monoisotopic (exact) mass is 542 g/mol. The minimum Gasteiger partial charge on any atom is -0.440 e. The summed E-state index contributed by atoms with van der Waals surface area (Å²) in [5.74, 6) is -0.0502. The van der Waals surface area contributed by atoms with Gasteiger partial charge in [0.15, 0.2) is 5.43 Å². The Morgan fingerprint density at radius 2 is 1.98 bits per heavy atom. The SMILES string of the molecule is Cc1cc([C@H](C)Nc2cccnc2-c2cc(F)c3c(c2)C=NOB3O)c2oc(N3CCOCC3)c(C)c(=O)c2c1. The van der Waals surface area contributed by atoms with Crippen LogP contribution in [0.1, 0.15) is 35.2 Å². The van der Waals surface area contributed by atoms with Crippen LogP contribution in [0.3, 0.4) is 0 Å². The zero-order chi connectivity index (χ0) is 28.0. The highest BCUT2D eigenvalue weighted by molar-refractivity contribution is 6.62. The quantitative estimate of drug-likeness (QED) is 0.368. The van der Waals surface area contributed by atoms with Gasteiger partial charge in [0.1, 0.15) is 11.4 Å². The highest BCUT2D eigenvalue weighted by Gasteiger charge is 2.30. The Morgan fingerprint density at radius 3 is 2.77 bits per heavy atom. The van der Waals surface area contributed by atoms with Gasteiger partial charge in [0.05, 0.1) is 47.8 Å². The predicted molar refractivity (Wildman–Crippen MR) is 153 cm³/mol. The zero-order valence-corrected chi connectivity index (χ0v) is 22.4. The maximum atomic E-state index is 15.0. The first-order valence-electron chi connectivity index (χ1n) is 13.1. The summed E-state index contributed by atoms with van der Waals surface area (Å²) in [6.07, 6.45) is 3.00. The van der Waals surface area contributed by atoms with Crippen LogP contribution in [0.25, 0.3) is 22.2 Å². The summed E-state index contributed by atoms with van der Waals surface area (Å²) in [6.45, 7) is 8.17. The number of oxime groups is 1. The Balaban J connectivity index is 1.41. The molecule has 0 unspecified atom stereocenters. The number of benzene rings is 2. The molecule has 204 valence electrons. The third-order valence-corrected chi connectivity index (χ3v) is 7.35. The topological polar surface area (TPSA) is 109 Å². The molecule has 1 fully saturated rings. The Bertz CT molecular complexity index is 1700. The van der Waals surface area contributed by atoms with E-state index in [0.29, 0.717) is 71.2 Å². The van der Waals surface area contributed by atoms with Gasteiger partial charge in [-0.05, 0) is 56.7 Å². The van der Waals surface area contributed by atoms with Crippen LogP contribution in [0.2, 0.25) is 0 Å². The van der Waals surface area contributed by atoms with E-state index in [-0.39, 0.29) is 16.9 Å². The second-order valence-corrected chi connectivity index (χ2v) is 10.1. The molecule has 40 heavy (non-hydrogen) atoms. The molecule has 0 saturated carbocycles. The summed E-state index contributed by atoms with van der Waals surface area (Å²) in [7, 11) is -1.47. The van der Waals surface area contributed by atoms with E-state index < -0.39 is 12.9 Å². The lowest BCUT2D eigenvalue weighted by atomic mass is 9.75. The minimum atomic E-state index is -1.47. The standard InChI is InChI=1S/C29H28BFN4O5/c1-16-11-21(28-22(12-16)27(36)17(2)29(39-28)35-7-9-38-10-8-35)18(3)34-24-5-4-6-32-26(24)19-13-20-15-33-40-30(37)25(20)23(31)14-19/h4-6,11-15,18,34,37H,7-10H2,1-3H3/t18-/m0/s1. The summed E-state index contributed by atoms with van der Waals surface area (Å²) in [6, 6.07) is 10.3. The van der Waals surface area contributed by atoms with Crippen molar-refractivity contribution in [3.05, 3.63) is 80.9 Å². The van der Waals surface area contributed by atoms with E-state index in [1.807, 2.05) is 32.0 Å². The van der Waals surface area contributed by atoms with E-state index in [2.05, 4.69) is 20.4 Å². The van der Waals surface area contributed by atoms with Gasteiger partial charge >= 0.3 is 7.12 Å². The fraction of sp³-hybridized carbons (Fsp3) is 0.276. The average molecular weight is 542 g/mol. The Hall–Kier alpha value is -4.22. The van der Waals surface area contributed by atoms with E-state index in [1.165, 1.54) is 12.3 Å². The normalized spacial score (nSPS) is 15.6. The summed E-state index contributed by atoms with van der Waals surface area (Å²) >= 11 is 0. The van der Waals surface area contributed by atoms with Gasteiger partial charge in [-0.25, -0.2) is 4.39 Å². The molecule has 2 N–H and O–H groups in total. The molecule has 6 rings (SSSR count). The molecule has 1 saturated heterocycles. The number of pyridine rings is 1. The number of rotatable bonds is 5. The maximum absolute atomic E-state index is 15.0. The minimum absolute atomic E-state index is 0.0326. The Labute approximate surface area is 230 Å². The molecule has 2 aromatic carbocycles. The smallest absolute Gasteiger partial charge is 0.440 e. The molecule has 1 atom stereocenters. The third kappa shape index (κ3) is 4.61. The van der Waals surface area contributed by atoms with Gasteiger partial charge in [0.2, 0.25) is 5.88 Å². The zero-order valence-electron chi connectivity index (χ0n) is 22.4. The van der Waals surface area contributed by atoms with Crippen molar-refractivity contribution in [1.82, 2.24) is 4.98 Å². The van der Waals surface area contributed by atoms with Crippen LogP contribution in [-0.2, 0) is 9.49 Å². The van der Waals surface area contributed by atoms with Crippen molar-refractivity contribution in [3.8, 4) is 11.3 Å². The first kappa shape index (κ1) is 26.0. The van der Waals surface area contributed by atoms with E-state index >= 15 is 4.39 Å². The number of nitrogens with zero attached hydrogens (tertiary/aromatic N) is 3. The Kier molecular flexibility index (Phi) is 6.77. The first-order valence-corrected chi connectivity index (χ1v) is 13.1. The van der Waals surface area contributed by atoms with Crippen LogP contribution in [0.15, 0.2) is 57.0 Å². The molecule has 0 amide bonds. The van der Waals surface area contributed by atoms with Crippen molar-refractivity contribution < 1.29 is 23.3 Å². The van der Waals surface area contributed by atoms with Gasteiger partial charge < -0.3 is 29.1 Å². The lowest BCUT2D eigenvalue weighted by Crippen LogP contribution is -2.40. The fourth-order valence-electron chi connectivity index (χ4n) is 5.35. The molecule has 0 spiro atoms. The number of hydrogen-bond acceptors (Lipinski definition) is 9. The summed E-state index contributed by atoms with van der Waals surface area (Å²) in [5.41, 5.74) is 4.95. The molecular formula is C29H28BFN4O5. The predicted octanol–water partition coefficient (Wildman–Crippen LogP) is 3.67. The largest absolute Gasteiger partial charge is 0.586 e. The lowest BCUT2D eigenvalue weighted by molar-refractivity contribution is 0.120. The number of fused-ring (bicyclic) bond motifs is 2. The van der Waals surface area contributed by atoms with Crippen molar-refractivity contribution in [2.75, 3.05) is 36.5 Å². The van der Waals surface area contributed by atoms with Crippen molar-refractivity contribution in [2.45, 2.75) is 26.8 Å². The molecular weight excluding hydrogens is 514 g/mol. The average Bonchev–Trinajstić information content (AvgIpc) is 2.95. The van der Waals surface area contributed by atoms with Gasteiger partial charge in [-0.1, -0.05) is 6.07 Å². The number of nitrogens with one attached hydrogen (secondary N) is 1. The molecule has 0 radical (unpaired) electrons. The summed E-state index contributed by atoms with van der Waals surface area (Å²) in [5, 5.41) is 17.7. The molecule has 2 aromatic heterocycles. The Morgan fingerprint density at radius 1 is 1.18 bits per heavy atom. The van der Waals surface area contributed by atoms with Crippen molar-refractivity contribution in [3.63, 3.8) is 0 Å². The van der Waals surface area contributed by atoms with Crippen LogP contribution in [0, 0.1) is 19.7 Å². The molecule has 0 aliphatic carbocycles. The molecule has 9 nitrogen and oxygen atoms in total. The number of anilines is 2. The van der Waals surface area contributed by atoms with E-state index in [9.17, 15) is 9.82 Å². The summed E-state index contributed by atoms with van der Waals surface area (Å²) < 4.78 is 31.7. The van der Waals surface area contributed by atoms with Gasteiger partial charge in [-0.15, -0.1) is 5.16 Å².